The van der Waals surface area contributed by atoms with Crippen LogP contribution >= 0.6 is 0 Å². The highest BCUT2D eigenvalue weighted by Gasteiger charge is 2.30. The summed E-state index contributed by atoms with van der Waals surface area (Å²) in [5.41, 5.74) is 9.95. The van der Waals surface area contributed by atoms with E-state index in [0.29, 0.717) is 25.8 Å². The number of hydrogen-bond donors (Lipinski definition) is 4. The molecule has 170 valence electrons. The van der Waals surface area contributed by atoms with Crippen molar-refractivity contribution in [3.05, 3.63) is 59.7 Å². The number of nitrogens with two attached hydrogens (primary N) is 1. The van der Waals surface area contributed by atoms with Crippen LogP contribution in [0.2, 0.25) is 0 Å². The molecule has 2 aromatic carbocycles. The second-order valence-corrected chi connectivity index (χ2v) is 7.88. The summed E-state index contributed by atoms with van der Waals surface area (Å²) in [7, 11) is 0. The van der Waals surface area contributed by atoms with E-state index in [1.807, 2.05) is 36.4 Å². The van der Waals surface area contributed by atoms with Gasteiger partial charge in [-0.25, -0.2) is 4.79 Å². The van der Waals surface area contributed by atoms with Crippen molar-refractivity contribution in [2.45, 2.75) is 44.2 Å². The molecule has 2 atom stereocenters. The molecule has 1 aliphatic rings. The van der Waals surface area contributed by atoms with Gasteiger partial charge in [0.2, 0.25) is 5.91 Å². The Hall–Kier alpha value is -3.39. The van der Waals surface area contributed by atoms with E-state index in [4.69, 9.17) is 15.6 Å². The van der Waals surface area contributed by atoms with E-state index < -0.39 is 30.1 Å². The number of hydrogen-bond acceptors (Lipinski definition) is 5. The van der Waals surface area contributed by atoms with Crippen molar-refractivity contribution in [3.8, 4) is 11.1 Å². The Balaban J connectivity index is 1.64. The highest BCUT2D eigenvalue weighted by Crippen LogP contribution is 2.44. The number of carbonyl (C=O) groups excluding carboxylic acids is 2. The van der Waals surface area contributed by atoms with Crippen LogP contribution in [0.25, 0.3) is 11.1 Å². The van der Waals surface area contributed by atoms with Crippen LogP contribution in [0.3, 0.4) is 0 Å². The van der Waals surface area contributed by atoms with Gasteiger partial charge in [0.15, 0.2) is 0 Å². The molecule has 2 aromatic rings. The van der Waals surface area contributed by atoms with E-state index in [2.05, 4.69) is 22.8 Å². The van der Waals surface area contributed by atoms with Gasteiger partial charge in [0, 0.05) is 5.92 Å². The van der Waals surface area contributed by atoms with Crippen molar-refractivity contribution >= 4 is 18.0 Å². The van der Waals surface area contributed by atoms with E-state index in [9.17, 15) is 14.4 Å². The number of carboxylic acid groups (broad SMARTS) is 1. The normalized spacial score (nSPS) is 14.1. The first kappa shape index (κ1) is 23.3. The summed E-state index contributed by atoms with van der Waals surface area (Å²) in [4.78, 5) is 36.1. The van der Waals surface area contributed by atoms with E-state index in [1.54, 1.807) is 0 Å². The summed E-state index contributed by atoms with van der Waals surface area (Å²) in [5.74, 6) is -1.81. The Morgan fingerprint density at radius 3 is 2.16 bits per heavy atom. The molecule has 0 spiro atoms. The number of nitrogens with one attached hydrogen (secondary N) is 2. The summed E-state index contributed by atoms with van der Waals surface area (Å²) in [6, 6.07) is 14.1. The molecule has 0 aliphatic heterocycles. The standard InChI is InChI=1S/C24H29N3O5/c1-15(23(29)30)26-22(28)21(12-6-7-13-25)27-24(31)32-14-20-18-10-4-2-8-16(18)17-9-3-5-11-19(17)20/h2-5,8-11,15,20-21H,6-7,12-14,25H2,1H3,(H,26,28)(H,27,31)(H,29,30)/t15-,21-/m0/s1. The minimum Gasteiger partial charge on any atom is -0.480 e. The molecular formula is C24H29N3O5. The van der Waals surface area contributed by atoms with Gasteiger partial charge in [-0.2, -0.15) is 0 Å². The SMILES string of the molecule is C[C@H](NC(=O)[C@H](CCCCN)NC(=O)OCC1c2ccccc2-c2ccccc21)C(=O)O. The lowest BCUT2D eigenvalue weighted by Crippen LogP contribution is -2.51. The van der Waals surface area contributed by atoms with Gasteiger partial charge in [0.05, 0.1) is 0 Å². The lowest BCUT2D eigenvalue weighted by Gasteiger charge is -2.21. The molecule has 0 heterocycles. The quantitative estimate of drug-likeness (QED) is 0.421. The molecule has 0 saturated carbocycles. The van der Waals surface area contributed by atoms with Gasteiger partial charge < -0.3 is 26.2 Å². The van der Waals surface area contributed by atoms with Gasteiger partial charge >= 0.3 is 12.1 Å². The molecule has 2 amide bonds. The van der Waals surface area contributed by atoms with Crippen molar-refractivity contribution in [3.63, 3.8) is 0 Å². The molecule has 5 N–H and O–H groups in total. The van der Waals surface area contributed by atoms with Gasteiger partial charge in [0.1, 0.15) is 18.7 Å². The molecule has 8 heteroatoms. The Kier molecular flexibility index (Phi) is 7.83. The molecular weight excluding hydrogens is 410 g/mol. The van der Waals surface area contributed by atoms with Crippen molar-refractivity contribution in [2.24, 2.45) is 5.73 Å². The predicted octanol–water partition coefficient (Wildman–Crippen LogP) is 2.61. The smallest absolute Gasteiger partial charge is 0.407 e. The first-order valence-electron chi connectivity index (χ1n) is 10.8. The van der Waals surface area contributed by atoms with Gasteiger partial charge in [-0.3, -0.25) is 9.59 Å². The maximum Gasteiger partial charge on any atom is 0.407 e. The van der Waals surface area contributed by atoms with Crippen LogP contribution in [0, 0.1) is 0 Å². The van der Waals surface area contributed by atoms with Crippen LogP contribution in [0.1, 0.15) is 43.2 Å². The Bertz CT molecular complexity index is 932. The molecule has 0 aromatic heterocycles. The van der Waals surface area contributed by atoms with Crippen LogP contribution in [-0.2, 0) is 14.3 Å². The predicted molar refractivity (Wildman–Crippen MR) is 120 cm³/mol. The average Bonchev–Trinajstić information content (AvgIpc) is 3.10. The maximum atomic E-state index is 12.5. The Morgan fingerprint density at radius 1 is 1.00 bits per heavy atom. The van der Waals surface area contributed by atoms with E-state index in [0.717, 1.165) is 22.3 Å². The average molecular weight is 440 g/mol. The van der Waals surface area contributed by atoms with E-state index in [1.165, 1.54) is 6.92 Å². The first-order chi connectivity index (χ1) is 15.4. The van der Waals surface area contributed by atoms with Crippen LogP contribution in [-0.4, -0.2) is 48.3 Å². The summed E-state index contributed by atoms with van der Waals surface area (Å²) in [6.45, 7) is 1.96. The zero-order valence-electron chi connectivity index (χ0n) is 18.0. The molecule has 0 unspecified atom stereocenters. The zero-order valence-corrected chi connectivity index (χ0v) is 18.0. The van der Waals surface area contributed by atoms with Crippen LogP contribution in [0.4, 0.5) is 4.79 Å². The van der Waals surface area contributed by atoms with Gasteiger partial charge in [0.25, 0.3) is 0 Å². The number of alkyl carbamates (subject to hydrolysis) is 1. The number of carboxylic acids is 1. The fraction of sp³-hybridized carbons (Fsp3) is 0.375. The first-order valence-corrected chi connectivity index (χ1v) is 10.8. The molecule has 0 fully saturated rings. The minimum absolute atomic E-state index is 0.0929. The highest BCUT2D eigenvalue weighted by molar-refractivity contribution is 5.89. The summed E-state index contributed by atoms with van der Waals surface area (Å²) in [6.07, 6.45) is 0.909. The number of carbonyl (C=O) groups is 3. The third-order valence-corrected chi connectivity index (χ3v) is 5.63. The number of benzene rings is 2. The number of ether oxygens (including phenoxy) is 1. The second kappa shape index (κ2) is 10.8. The third kappa shape index (κ3) is 5.45. The second-order valence-electron chi connectivity index (χ2n) is 7.88. The Morgan fingerprint density at radius 2 is 1.59 bits per heavy atom. The molecule has 1 aliphatic carbocycles. The zero-order chi connectivity index (χ0) is 23.1. The van der Waals surface area contributed by atoms with Crippen molar-refractivity contribution in [2.75, 3.05) is 13.2 Å². The topological polar surface area (TPSA) is 131 Å². The lowest BCUT2D eigenvalue weighted by atomic mass is 9.98. The number of rotatable bonds is 10. The molecule has 8 nitrogen and oxygen atoms in total. The van der Waals surface area contributed by atoms with Crippen molar-refractivity contribution < 1.29 is 24.2 Å². The van der Waals surface area contributed by atoms with Gasteiger partial charge in [-0.1, -0.05) is 48.5 Å². The van der Waals surface area contributed by atoms with Crippen molar-refractivity contribution in [1.29, 1.82) is 0 Å². The number of unbranched alkanes of at least 4 members (excludes halogenated alkanes) is 1. The van der Waals surface area contributed by atoms with Crippen molar-refractivity contribution in [1.82, 2.24) is 10.6 Å². The van der Waals surface area contributed by atoms with E-state index >= 15 is 0 Å². The number of amides is 2. The fourth-order valence-electron chi connectivity index (χ4n) is 3.92. The summed E-state index contributed by atoms with van der Waals surface area (Å²) < 4.78 is 5.51. The van der Waals surface area contributed by atoms with Crippen LogP contribution in [0.5, 0.6) is 0 Å². The molecule has 0 saturated heterocycles. The molecule has 32 heavy (non-hydrogen) atoms. The van der Waals surface area contributed by atoms with Crippen LogP contribution < -0.4 is 16.4 Å². The largest absolute Gasteiger partial charge is 0.480 e. The summed E-state index contributed by atoms with van der Waals surface area (Å²) in [5, 5.41) is 14.0. The van der Waals surface area contributed by atoms with Crippen LogP contribution in [0.15, 0.2) is 48.5 Å². The monoisotopic (exact) mass is 439 g/mol. The summed E-state index contributed by atoms with van der Waals surface area (Å²) >= 11 is 0. The lowest BCUT2D eigenvalue weighted by molar-refractivity contribution is -0.141. The third-order valence-electron chi connectivity index (χ3n) is 5.63. The number of fused-ring (bicyclic) bond motifs is 3. The Labute approximate surface area is 187 Å². The van der Waals surface area contributed by atoms with Gasteiger partial charge in [-0.05, 0) is 55.0 Å². The maximum absolute atomic E-state index is 12.5. The highest BCUT2D eigenvalue weighted by atomic mass is 16.5. The fourth-order valence-corrected chi connectivity index (χ4v) is 3.92. The molecule has 0 bridgehead atoms. The van der Waals surface area contributed by atoms with Gasteiger partial charge in [-0.15, -0.1) is 0 Å². The number of aliphatic carboxylic acids is 1. The molecule has 3 rings (SSSR count). The molecule has 0 radical (unpaired) electrons. The van der Waals surface area contributed by atoms with E-state index in [-0.39, 0.29) is 12.5 Å². The minimum atomic E-state index is -1.15.